The van der Waals surface area contributed by atoms with Crippen molar-refractivity contribution in [1.29, 1.82) is 0 Å². The van der Waals surface area contributed by atoms with Gasteiger partial charge in [-0.25, -0.2) is 0 Å². The van der Waals surface area contributed by atoms with Crippen LogP contribution in [-0.4, -0.2) is 48.8 Å². The Morgan fingerprint density at radius 3 is 2.04 bits per heavy atom. The van der Waals surface area contributed by atoms with E-state index in [1.165, 1.54) is 21.0 Å². The first-order chi connectivity index (χ1) is 23.0. The molecule has 1 aliphatic heterocycles. The number of hydrogen-bond donors (Lipinski definition) is 0. The molecule has 10 atom stereocenters. The molecule has 0 aromatic heterocycles. The molecule has 0 amide bonds. The number of fused-ring (bicyclic) bond motifs is 5. The fourth-order valence-electron chi connectivity index (χ4n) is 12.0. The van der Waals surface area contributed by atoms with Gasteiger partial charge in [-0.2, -0.15) is 19.6 Å². The first-order valence-corrected chi connectivity index (χ1v) is 19.1. The fraction of sp³-hybridized carbons (Fsp3) is 0.923. The molecule has 0 radical (unpaired) electrons. The molecule has 10 nitrogen and oxygen atoms in total. The van der Waals surface area contributed by atoms with Gasteiger partial charge in [0.15, 0.2) is 0 Å². The van der Waals surface area contributed by atoms with Gasteiger partial charge in [0.2, 0.25) is 11.6 Å². The summed E-state index contributed by atoms with van der Waals surface area (Å²) in [7, 11) is 1.43. The number of methoxy groups -OCH3 is 1. The number of ether oxygens (including phenoxy) is 3. The second kappa shape index (κ2) is 13.3. The van der Waals surface area contributed by atoms with Gasteiger partial charge in [0.25, 0.3) is 0 Å². The van der Waals surface area contributed by atoms with Gasteiger partial charge in [0.05, 0.1) is 7.11 Å². The minimum atomic E-state index is -1.02. The Hall–Kier alpha value is -1.75. The van der Waals surface area contributed by atoms with E-state index >= 15 is 0 Å². The van der Waals surface area contributed by atoms with Gasteiger partial charge in [0, 0.05) is 57.3 Å². The lowest BCUT2D eigenvalue weighted by molar-refractivity contribution is -0.665. The van der Waals surface area contributed by atoms with E-state index in [-0.39, 0.29) is 81.9 Å². The van der Waals surface area contributed by atoms with Gasteiger partial charge >= 0.3 is 17.9 Å². The number of carbonyl (C=O) groups is 3. The SMILES string of the molecule is COC(=O)CCC(C)C1CC[C@H]2[C@@H]3[C@H](OC(C)=O)C[C@@H]4CC5(CC[C@]4(C)[C@H]3C[C@H](OC(C)=O)[C@]12C)OOC1(CCC(C(C)(C)C)CC1)OO5. The molecule has 2 spiro atoms. The van der Waals surface area contributed by atoms with Crippen LogP contribution in [0.5, 0.6) is 0 Å². The van der Waals surface area contributed by atoms with Gasteiger partial charge in [0.1, 0.15) is 12.2 Å². The Morgan fingerprint density at radius 1 is 0.816 bits per heavy atom. The molecule has 0 aromatic rings. The van der Waals surface area contributed by atoms with E-state index < -0.39 is 11.6 Å². The van der Waals surface area contributed by atoms with Gasteiger partial charge in [-0.1, -0.05) is 41.5 Å². The molecule has 278 valence electrons. The maximum Gasteiger partial charge on any atom is 0.305 e. The molecular weight excluding hydrogens is 628 g/mol. The van der Waals surface area contributed by atoms with E-state index in [0.717, 1.165) is 51.4 Å². The van der Waals surface area contributed by atoms with Crippen LogP contribution in [0.2, 0.25) is 0 Å². The van der Waals surface area contributed by atoms with Crippen LogP contribution in [0.4, 0.5) is 0 Å². The Labute approximate surface area is 293 Å². The zero-order valence-corrected chi connectivity index (χ0v) is 31.5. The summed E-state index contributed by atoms with van der Waals surface area (Å²) in [6.45, 7) is 16.8. The van der Waals surface area contributed by atoms with Crippen molar-refractivity contribution in [3.63, 3.8) is 0 Å². The van der Waals surface area contributed by atoms with E-state index in [1.54, 1.807) is 0 Å². The highest BCUT2D eigenvalue weighted by Crippen LogP contribution is 2.70. The smallest absolute Gasteiger partial charge is 0.305 e. The Bertz CT molecular complexity index is 1240. The second-order valence-corrected chi connectivity index (χ2v) is 18.4. The van der Waals surface area contributed by atoms with Gasteiger partial charge in [-0.3, -0.25) is 14.4 Å². The third kappa shape index (κ3) is 6.70. The largest absolute Gasteiger partial charge is 0.469 e. The molecule has 0 aromatic carbocycles. The maximum atomic E-state index is 12.7. The first-order valence-electron chi connectivity index (χ1n) is 19.1. The Morgan fingerprint density at radius 2 is 1.45 bits per heavy atom. The van der Waals surface area contributed by atoms with Crippen molar-refractivity contribution in [3.05, 3.63) is 0 Å². The van der Waals surface area contributed by atoms with Crippen molar-refractivity contribution in [2.45, 2.75) is 163 Å². The van der Waals surface area contributed by atoms with Crippen LogP contribution in [0.3, 0.4) is 0 Å². The van der Waals surface area contributed by atoms with Crippen molar-refractivity contribution in [2.75, 3.05) is 7.11 Å². The first kappa shape index (κ1) is 37.0. The molecule has 0 bridgehead atoms. The molecule has 1 saturated heterocycles. The molecule has 2 unspecified atom stereocenters. The molecule has 6 rings (SSSR count). The number of carbonyl (C=O) groups excluding carboxylic acids is 3. The third-order valence-corrected chi connectivity index (χ3v) is 14.8. The maximum absolute atomic E-state index is 12.7. The molecule has 0 N–H and O–H groups in total. The highest BCUT2D eigenvalue weighted by molar-refractivity contribution is 5.69. The molecule has 6 fully saturated rings. The molecule has 5 saturated carbocycles. The van der Waals surface area contributed by atoms with Crippen LogP contribution in [0.1, 0.15) is 139 Å². The Kier molecular flexibility index (Phi) is 10.1. The minimum absolute atomic E-state index is 0.114. The summed E-state index contributed by atoms with van der Waals surface area (Å²) in [6.07, 6.45) is 9.36. The van der Waals surface area contributed by atoms with E-state index in [9.17, 15) is 14.4 Å². The minimum Gasteiger partial charge on any atom is -0.469 e. The molecule has 6 aliphatic rings. The van der Waals surface area contributed by atoms with Crippen LogP contribution in [0.25, 0.3) is 0 Å². The van der Waals surface area contributed by atoms with Crippen LogP contribution in [0, 0.1) is 57.7 Å². The van der Waals surface area contributed by atoms with E-state index in [0.29, 0.717) is 38.0 Å². The third-order valence-electron chi connectivity index (χ3n) is 14.8. The van der Waals surface area contributed by atoms with E-state index in [2.05, 4.69) is 41.5 Å². The molecule has 49 heavy (non-hydrogen) atoms. The standard InChI is InChI=1S/C39H62O10/c1-23(10-13-33(42)43-9)28-11-12-29-34-30(21-32(37(28,29)8)45-25(3)41)36(7)18-19-39(22-27(36)20-31(34)44-24(2)40)48-46-38(47-49-39)16-14-26(15-17-38)35(4,5)6/h23,26-32,34H,10-22H2,1-9H3/t23?,26?,27-,28?,29+,30+,31-,32+,34+,36+,37-,38?,39?/m1/s1. The summed E-state index contributed by atoms with van der Waals surface area (Å²) in [6, 6.07) is 0. The van der Waals surface area contributed by atoms with Crippen LogP contribution >= 0.6 is 0 Å². The van der Waals surface area contributed by atoms with Crippen molar-refractivity contribution in [2.24, 2.45) is 57.7 Å². The highest BCUT2D eigenvalue weighted by Gasteiger charge is 2.69. The topological polar surface area (TPSA) is 116 Å². The van der Waals surface area contributed by atoms with E-state index in [4.69, 9.17) is 33.8 Å². The number of esters is 3. The summed E-state index contributed by atoms with van der Waals surface area (Å²) in [4.78, 5) is 62.3. The fourth-order valence-corrected chi connectivity index (χ4v) is 12.0. The summed E-state index contributed by atoms with van der Waals surface area (Å²) in [5.74, 6) is -0.911. The van der Waals surface area contributed by atoms with Crippen LogP contribution in [-0.2, 0) is 48.1 Å². The second-order valence-electron chi connectivity index (χ2n) is 18.4. The van der Waals surface area contributed by atoms with Crippen LogP contribution in [0.15, 0.2) is 0 Å². The average molecular weight is 691 g/mol. The van der Waals surface area contributed by atoms with Crippen molar-refractivity contribution < 1.29 is 48.1 Å². The van der Waals surface area contributed by atoms with Crippen molar-refractivity contribution in [3.8, 4) is 0 Å². The zero-order valence-electron chi connectivity index (χ0n) is 31.5. The van der Waals surface area contributed by atoms with E-state index in [1.807, 2.05) is 0 Å². The van der Waals surface area contributed by atoms with Crippen LogP contribution < -0.4 is 0 Å². The lowest BCUT2D eigenvalue weighted by Gasteiger charge is -2.65. The molecule has 10 heteroatoms. The Balaban J connectivity index is 1.23. The zero-order chi connectivity index (χ0) is 35.6. The summed E-state index contributed by atoms with van der Waals surface area (Å²) < 4.78 is 17.5. The molecule has 5 aliphatic carbocycles. The van der Waals surface area contributed by atoms with Gasteiger partial charge < -0.3 is 14.2 Å². The predicted molar refractivity (Wildman–Crippen MR) is 179 cm³/mol. The summed E-state index contributed by atoms with van der Waals surface area (Å²) in [5, 5.41) is 0. The monoisotopic (exact) mass is 690 g/mol. The molecular formula is C39H62O10. The van der Waals surface area contributed by atoms with Crippen molar-refractivity contribution >= 4 is 17.9 Å². The predicted octanol–water partition coefficient (Wildman–Crippen LogP) is 7.86. The highest BCUT2D eigenvalue weighted by atomic mass is 17.4. The van der Waals surface area contributed by atoms with Crippen molar-refractivity contribution in [1.82, 2.24) is 0 Å². The molecule has 1 heterocycles. The number of hydrogen-bond acceptors (Lipinski definition) is 10. The normalized spacial score (nSPS) is 45.5. The van der Waals surface area contributed by atoms with Gasteiger partial charge in [-0.15, -0.1) is 0 Å². The van der Waals surface area contributed by atoms with Gasteiger partial charge in [-0.05, 0) is 97.7 Å². The number of rotatable bonds is 6. The lowest BCUT2D eigenvalue weighted by Crippen LogP contribution is -2.65. The average Bonchev–Trinajstić information content (AvgIpc) is 3.40. The summed E-state index contributed by atoms with van der Waals surface area (Å²) >= 11 is 0. The lowest BCUT2D eigenvalue weighted by atomic mass is 9.42. The quantitative estimate of drug-likeness (QED) is 0.155. The summed E-state index contributed by atoms with van der Waals surface area (Å²) in [5.41, 5.74) is -0.192.